The van der Waals surface area contributed by atoms with E-state index in [0.717, 1.165) is 34.5 Å². The molecule has 0 saturated heterocycles. The summed E-state index contributed by atoms with van der Waals surface area (Å²) in [6.07, 6.45) is 4.15. The molecule has 0 fully saturated rings. The summed E-state index contributed by atoms with van der Waals surface area (Å²) in [7, 11) is 6.35. The highest BCUT2D eigenvalue weighted by atomic mass is 16.5. The maximum absolute atomic E-state index is 13.6. The molecule has 0 aliphatic carbocycles. The van der Waals surface area contributed by atoms with E-state index in [1.165, 1.54) is 10.9 Å². The Labute approximate surface area is 216 Å². The molecule has 4 aromatic rings. The SMILES string of the molecule is COc1ccc(C2c3[nH]c4ccccc4c3CCN2C(=O)/C=C/c2cc(OC)c(OC)c(OC)c2)cc1. The van der Waals surface area contributed by atoms with Crippen molar-refractivity contribution >= 4 is 22.9 Å². The highest BCUT2D eigenvalue weighted by Gasteiger charge is 2.33. The van der Waals surface area contributed by atoms with Gasteiger partial charge in [-0.25, -0.2) is 0 Å². The molecule has 0 spiro atoms. The topological polar surface area (TPSA) is 73.0 Å². The lowest BCUT2D eigenvalue weighted by Crippen LogP contribution is -2.39. The van der Waals surface area contributed by atoms with Gasteiger partial charge in [0.1, 0.15) is 5.75 Å². The minimum absolute atomic E-state index is 0.0844. The van der Waals surface area contributed by atoms with Gasteiger partial charge in [-0.3, -0.25) is 4.79 Å². The number of ether oxygens (including phenoxy) is 4. The quantitative estimate of drug-likeness (QED) is 0.346. The molecule has 3 aromatic carbocycles. The summed E-state index contributed by atoms with van der Waals surface area (Å²) in [4.78, 5) is 19.2. The van der Waals surface area contributed by atoms with Crippen molar-refractivity contribution < 1.29 is 23.7 Å². The molecule has 1 aromatic heterocycles. The number of nitrogens with one attached hydrogen (secondary N) is 1. The minimum atomic E-state index is -0.251. The fraction of sp³-hybridized carbons (Fsp3) is 0.233. The smallest absolute Gasteiger partial charge is 0.247 e. The highest BCUT2D eigenvalue weighted by molar-refractivity contribution is 5.93. The number of benzene rings is 3. The van der Waals surface area contributed by atoms with Crippen molar-refractivity contribution in [3.63, 3.8) is 0 Å². The number of hydrogen-bond donors (Lipinski definition) is 1. The predicted octanol–water partition coefficient (Wildman–Crippen LogP) is 5.39. The van der Waals surface area contributed by atoms with Gasteiger partial charge < -0.3 is 28.8 Å². The van der Waals surface area contributed by atoms with Crippen LogP contribution in [0.1, 0.15) is 28.4 Å². The number of hydrogen-bond acceptors (Lipinski definition) is 5. The first kappa shape index (κ1) is 24.3. The van der Waals surface area contributed by atoms with Gasteiger partial charge in [0.05, 0.1) is 34.5 Å². The van der Waals surface area contributed by atoms with Gasteiger partial charge in [-0.1, -0.05) is 30.3 Å². The molecule has 0 radical (unpaired) electrons. The first-order valence-corrected chi connectivity index (χ1v) is 12.1. The molecule has 1 amide bonds. The molecule has 190 valence electrons. The van der Waals surface area contributed by atoms with Crippen molar-refractivity contribution in [1.82, 2.24) is 9.88 Å². The van der Waals surface area contributed by atoms with Gasteiger partial charge in [-0.05, 0) is 59.5 Å². The lowest BCUT2D eigenvalue weighted by molar-refractivity contribution is -0.128. The van der Waals surface area contributed by atoms with Gasteiger partial charge >= 0.3 is 0 Å². The largest absolute Gasteiger partial charge is 0.497 e. The summed E-state index contributed by atoms with van der Waals surface area (Å²) in [6.45, 7) is 0.601. The van der Waals surface area contributed by atoms with Crippen molar-refractivity contribution in [2.75, 3.05) is 35.0 Å². The van der Waals surface area contributed by atoms with Crippen LogP contribution in [0.3, 0.4) is 0 Å². The zero-order chi connectivity index (χ0) is 25.9. The molecule has 1 aliphatic rings. The van der Waals surface area contributed by atoms with Gasteiger partial charge in [0.25, 0.3) is 0 Å². The first-order valence-electron chi connectivity index (χ1n) is 12.1. The predicted molar refractivity (Wildman–Crippen MR) is 144 cm³/mol. The molecule has 7 heteroatoms. The second-order valence-corrected chi connectivity index (χ2v) is 8.81. The summed E-state index contributed by atoms with van der Waals surface area (Å²) in [5.74, 6) is 2.27. The van der Waals surface area contributed by atoms with E-state index in [9.17, 15) is 4.79 Å². The van der Waals surface area contributed by atoms with Gasteiger partial charge in [-0.15, -0.1) is 0 Å². The van der Waals surface area contributed by atoms with Crippen molar-refractivity contribution in [2.24, 2.45) is 0 Å². The summed E-state index contributed by atoms with van der Waals surface area (Å²) >= 11 is 0. The monoisotopic (exact) mass is 498 g/mol. The number of carbonyl (C=O) groups excluding carboxylic acids is 1. The number of carbonyl (C=O) groups is 1. The molecule has 1 N–H and O–H groups in total. The van der Waals surface area contributed by atoms with E-state index in [1.54, 1.807) is 40.6 Å². The van der Waals surface area contributed by atoms with E-state index >= 15 is 0 Å². The molecule has 0 saturated carbocycles. The lowest BCUT2D eigenvalue weighted by Gasteiger charge is -2.35. The molecular formula is C30H30N2O5. The molecule has 1 aliphatic heterocycles. The van der Waals surface area contributed by atoms with Crippen molar-refractivity contribution in [3.05, 3.63) is 89.1 Å². The second-order valence-electron chi connectivity index (χ2n) is 8.81. The Morgan fingerprint density at radius 2 is 1.62 bits per heavy atom. The Kier molecular flexibility index (Phi) is 6.77. The Hall–Kier alpha value is -4.39. The molecule has 0 bridgehead atoms. The number of fused-ring (bicyclic) bond motifs is 3. The van der Waals surface area contributed by atoms with Gasteiger partial charge in [0, 0.05) is 29.2 Å². The fourth-order valence-electron chi connectivity index (χ4n) is 5.07. The van der Waals surface area contributed by atoms with E-state index in [2.05, 4.69) is 23.2 Å². The van der Waals surface area contributed by atoms with E-state index in [-0.39, 0.29) is 11.9 Å². The van der Waals surface area contributed by atoms with E-state index in [4.69, 9.17) is 18.9 Å². The molecule has 37 heavy (non-hydrogen) atoms. The number of H-pyrrole nitrogens is 1. The molecule has 1 unspecified atom stereocenters. The maximum atomic E-state index is 13.6. The number of nitrogens with zero attached hydrogens (tertiary/aromatic N) is 1. The van der Waals surface area contributed by atoms with Crippen LogP contribution in [0.5, 0.6) is 23.0 Å². The number of aromatic nitrogens is 1. The summed E-state index contributed by atoms with van der Waals surface area (Å²) in [5.41, 5.74) is 5.17. The number of rotatable bonds is 7. The number of amides is 1. The van der Waals surface area contributed by atoms with Crippen LogP contribution >= 0.6 is 0 Å². The van der Waals surface area contributed by atoms with Crippen LogP contribution < -0.4 is 18.9 Å². The van der Waals surface area contributed by atoms with Crippen LogP contribution in [-0.2, 0) is 11.2 Å². The molecule has 7 nitrogen and oxygen atoms in total. The third-order valence-corrected chi connectivity index (χ3v) is 6.85. The fourth-order valence-corrected chi connectivity index (χ4v) is 5.07. The van der Waals surface area contributed by atoms with Crippen LogP contribution in [0.4, 0.5) is 0 Å². The molecule has 5 rings (SSSR count). The number of para-hydroxylation sites is 1. The third-order valence-electron chi connectivity index (χ3n) is 6.85. The van der Waals surface area contributed by atoms with E-state index in [1.807, 2.05) is 47.4 Å². The Morgan fingerprint density at radius 1 is 0.919 bits per heavy atom. The summed E-state index contributed by atoms with van der Waals surface area (Å²) in [6, 6.07) is 19.6. The molecule has 1 atom stereocenters. The van der Waals surface area contributed by atoms with Crippen molar-refractivity contribution in [3.8, 4) is 23.0 Å². The average Bonchev–Trinajstić information content (AvgIpc) is 3.33. The van der Waals surface area contributed by atoms with Gasteiger partial charge in [-0.2, -0.15) is 0 Å². The van der Waals surface area contributed by atoms with Gasteiger partial charge in [0.2, 0.25) is 11.7 Å². The molecule has 2 heterocycles. The normalized spacial score (nSPS) is 15.0. The zero-order valence-corrected chi connectivity index (χ0v) is 21.4. The molecular weight excluding hydrogens is 468 g/mol. The van der Waals surface area contributed by atoms with Crippen LogP contribution in [-0.4, -0.2) is 50.8 Å². The average molecular weight is 499 g/mol. The number of aromatic amines is 1. The Morgan fingerprint density at radius 3 is 2.27 bits per heavy atom. The maximum Gasteiger partial charge on any atom is 0.247 e. The minimum Gasteiger partial charge on any atom is -0.497 e. The highest BCUT2D eigenvalue weighted by Crippen LogP contribution is 2.40. The Balaban J connectivity index is 1.52. The van der Waals surface area contributed by atoms with Gasteiger partial charge in [0.15, 0.2) is 11.5 Å². The van der Waals surface area contributed by atoms with Crippen LogP contribution in [0.15, 0.2) is 66.7 Å². The Bertz CT molecular complexity index is 1430. The summed E-state index contributed by atoms with van der Waals surface area (Å²) < 4.78 is 21.7. The number of methoxy groups -OCH3 is 4. The lowest BCUT2D eigenvalue weighted by atomic mass is 9.92. The third kappa shape index (κ3) is 4.48. The van der Waals surface area contributed by atoms with E-state index < -0.39 is 0 Å². The second kappa shape index (κ2) is 10.3. The van der Waals surface area contributed by atoms with Crippen LogP contribution in [0.25, 0.3) is 17.0 Å². The van der Waals surface area contributed by atoms with E-state index in [0.29, 0.717) is 23.8 Å². The standard InChI is InChI=1S/C30H30N2O5/c1-34-21-12-10-20(11-13-21)29-28-23(22-7-5-6-8-24(22)31-28)15-16-32(29)27(33)14-9-19-17-25(35-2)30(37-4)26(18-19)36-3/h5-14,17-18,29,31H,15-16H2,1-4H3/b14-9+. The van der Waals surface area contributed by atoms with Crippen LogP contribution in [0.2, 0.25) is 0 Å². The van der Waals surface area contributed by atoms with Crippen molar-refractivity contribution in [1.29, 1.82) is 0 Å². The van der Waals surface area contributed by atoms with Crippen molar-refractivity contribution in [2.45, 2.75) is 12.5 Å². The summed E-state index contributed by atoms with van der Waals surface area (Å²) in [5, 5.41) is 1.20. The van der Waals surface area contributed by atoms with Crippen LogP contribution in [0, 0.1) is 0 Å². The first-order chi connectivity index (χ1) is 18.1. The zero-order valence-electron chi connectivity index (χ0n) is 21.4.